The third kappa shape index (κ3) is 2.64. The quantitative estimate of drug-likeness (QED) is 0.794. The van der Waals surface area contributed by atoms with Crippen LogP contribution in [-0.2, 0) is 0 Å². The highest BCUT2D eigenvalue weighted by molar-refractivity contribution is 6.06. The van der Waals surface area contributed by atoms with Crippen LogP contribution in [0.1, 0.15) is 40.0 Å². The zero-order valence-corrected chi connectivity index (χ0v) is 9.60. The van der Waals surface area contributed by atoms with E-state index in [4.69, 9.17) is 9.84 Å². The molecular weight excluding hydrogens is 220 g/mol. The van der Waals surface area contributed by atoms with E-state index in [9.17, 15) is 9.59 Å². The van der Waals surface area contributed by atoms with Gasteiger partial charge in [0.2, 0.25) is 0 Å². The van der Waals surface area contributed by atoms with Crippen LogP contribution in [0.15, 0.2) is 18.2 Å². The molecule has 1 N–H and O–H groups in total. The predicted molar refractivity (Wildman–Crippen MR) is 61.6 cm³/mol. The lowest BCUT2D eigenvalue weighted by molar-refractivity contribution is 0.0691. The highest BCUT2D eigenvalue weighted by Gasteiger charge is 2.27. The van der Waals surface area contributed by atoms with E-state index in [0.29, 0.717) is 18.1 Å². The number of carbonyl (C=O) groups excluding carboxylic acids is 1. The molecule has 0 saturated heterocycles. The lowest BCUT2D eigenvalue weighted by Crippen LogP contribution is -2.09. The summed E-state index contributed by atoms with van der Waals surface area (Å²) in [4.78, 5) is 23.0. The number of carboxylic acid groups (broad SMARTS) is 1. The van der Waals surface area contributed by atoms with Crippen LogP contribution in [0.4, 0.5) is 0 Å². The standard InChI is InChI=1S/C13H14O4/c1-17-9-4-5-10(11(7-9)13(15)16)12(14)6-8-2-3-8/h4-5,7-8H,2-3,6H2,1H3,(H,15,16). The first-order chi connectivity index (χ1) is 8.11. The Morgan fingerprint density at radius 2 is 2.06 bits per heavy atom. The number of hydrogen-bond donors (Lipinski definition) is 1. The van der Waals surface area contributed by atoms with E-state index >= 15 is 0 Å². The SMILES string of the molecule is COc1ccc(C(=O)CC2CC2)c(C(=O)O)c1. The lowest BCUT2D eigenvalue weighted by Gasteiger charge is -2.07. The Morgan fingerprint density at radius 3 is 2.59 bits per heavy atom. The van der Waals surface area contributed by atoms with E-state index in [0.717, 1.165) is 12.8 Å². The molecule has 1 aromatic rings. The van der Waals surface area contributed by atoms with Crippen molar-refractivity contribution in [2.75, 3.05) is 7.11 Å². The van der Waals surface area contributed by atoms with Crippen molar-refractivity contribution in [1.29, 1.82) is 0 Å². The summed E-state index contributed by atoms with van der Waals surface area (Å²) in [6, 6.07) is 4.54. The van der Waals surface area contributed by atoms with Crippen molar-refractivity contribution < 1.29 is 19.4 Å². The maximum atomic E-state index is 11.9. The topological polar surface area (TPSA) is 63.6 Å². The van der Waals surface area contributed by atoms with Gasteiger partial charge in [0, 0.05) is 12.0 Å². The maximum Gasteiger partial charge on any atom is 0.336 e. The third-order valence-electron chi connectivity index (χ3n) is 2.93. The normalized spacial score (nSPS) is 14.4. The summed E-state index contributed by atoms with van der Waals surface area (Å²) in [5.74, 6) is -0.285. The van der Waals surface area contributed by atoms with Crippen LogP contribution < -0.4 is 4.74 Å². The van der Waals surface area contributed by atoms with E-state index in [-0.39, 0.29) is 16.9 Å². The Kier molecular flexibility index (Phi) is 3.13. The molecule has 0 bridgehead atoms. The fraction of sp³-hybridized carbons (Fsp3) is 0.385. The van der Waals surface area contributed by atoms with E-state index in [1.54, 1.807) is 6.07 Å². The molecule has 2 rings (SSSR count). The molecule has 1 aliphatic rings. The molecule has 0 aliphatic heterocycles. The second-order valence-corrected chi connectivity index (χ2v) is 4.29. The Balaban J connectivity index is 2.30. The largest absolute Gasteiger partial charge is 0.497 e. The first kappa shape index (κ1) is 11.6. The second-order valence-electron chi connectivity index (χ2n) is 4.29. The zero-order valence-electron chi connectivity index (χ0n) is 9.60. The average Bonchev–Trinajstić information content (AvgIpc) is 3.12. The number of carbonyl (C=O) groups is 2. The van der Waals surface area contributed by atoms with Gasteiger partial charge in [0.1, 0.15) is 5.75 Å². The Hall–Kier alpha value is -1.84. The maximum absolute atomic E-state index is 11.9. The first-order valence-corrected chi connectivity index (χ1v) is 5.56. The van der Waals surface area contributed by atoms with Crippen LogP contribution in [0.3, 0.4) is 0 Å². The molecule has 0 radical (unpaired) electrons. The molecule has 1 fully saturated rings. The van der Waals surface area contributed by atoms with E-state index in [1.807, 2.05) is 0 Å². The summed E-state index contributed by atoms with van der Waals surface area (Å²) in [5, 5.41) is 9.08. The van der Waals surface area contributed by atoms with Crippen LogP contribution in [0, 0.1) is 5.92 Å². The van der Waals surface area contributed by atoms with Crippen molar-refractivity contribution in [2.24, 2.45) is 5.92 Å². The summed E-state index contributed by atoms with van der Waals surface area (Å²) in [5.41, 5.74) is 0.306. The molecule has 0 atom stereocenters. The first-order valence-electron chi connectivity index (χ1n) is 5.56. The molecule has 0 spiro atoms. The fourth-order valence-electron chi connectivity index (χ4n) is 1.76. The van der Waals surface area contributed by atoms with Gasteiger partial charge in [0.05, 0.1) is 12.7 Å². The summed E-state index contributed by atoms with van der Waals surface area (Å²) >= 11 is 0. The highest BCUT2D eigenvalue weighted by Crippen LogP contribution is 2.34. The number of Topliss-reactive ketones (excluding diaryl/α,β-unsaturated/α-hetero) is 1. The summed E-state index contributed by atoms with van der Waals surface area (Å²) in [6.45, 7) is 0. The molecule has 4 nitrogen and oxygen atoms in total. The van der Waals surface area contributed by atoms with Crippen molar-refractivity contribution in [2.45, 2.75) is 19.3 Å². The molecule has 4 heteroatoms. The van der Waals surface area contributed by atoms with Gasteiger partial charge in [0.25, 0.3) is 0 Å². The van der Waals surface area contributed by atoms with Gasteiger partial charge in [-0.15, -0.1) is 0 Å². The molecule has 1 aliphatic carbocycles. The Labute approximate surface area is 99.2 Å². The molecule has 1 aromatic carbocycles. The second kappa shape index (κ2) is 4.57. The van der Waals surface area contributed by atoms with Gasteiger partial charge in [-0.25, -0.2) is 4.79 Å². The van der Waals surface area contributed by atoms with Gasteiger partial charge in [-0.1, -0.05) is 0 Å². The minimum absolute atomic E-state index is 0.0231. The molecule has 17 heavy (non-hydrogen) atoms. The van der Waals surface area contributed by atoms with Crippen LogP contribution >= 0.6 is 0 Å². The van der Waals surface area contributed by atoms with Crippen molar-refractivity contribution in [3.05, 3.63) is 29.3 Å². The van der Waals surface area contributed by atoms with Crippen LogP contribution in [-0.4, -0.2) is 24.0 Å². The highest BCUT2D eigenvalue weighted by atomic mass is 16.5. The Morgan fingerprint density at radius 1 is 1.35 bits per heavy atom. The van der Waals surface area contributed by atoms with Crippen molar-refractivity contribution >= 4 is 11.8 Å². The van der Waals surface area contributed by atoms with Gasteiger partial charge in [-0.05, 0) is 37.0 Å². The zero-order chi connectivity index (χ0) is 12.4. The summed E-state index contributed by atoms with van der Waals surface area (Å²) < 4.78 is 4.96. The van der Waals surface area contributed by atoms with E-state index in [1.165, 1.54) is 19.2 Å². The minimum atomic E-state index is -1.09. The van der Waals surface area contributed by atoms with Gasteiger partial charge >= 0.3 is 5.97 Å². The molecule has 90 valence electrons. The number of aromatic carboxylic acids is 1. The van der Waals surface area contributed by atoms with Gasteiger partial charge in [0.15, 0.2) is 5.78 Å². The minimum Gasteiger partial charge on any atom is -0.497 e. The average molecular weight is 234 g/mol. The number of methoxy groups -OCH3 is 1. The molecule has 0 heterocycles. The predicted octanol–water partition coefficient (Wildman–Crippen LogP) is 2.38. The van der Waals surface area contributed by atoms with Crippen LogP contribution in [0.5, 0.6) is 5.75 Å². The van der Waals surface area contributed by atoms with Gasteiger partial charge in [-0.3, -0.25) is 4.79 Å². The number of ketones is 1. The lowest BCUT2D eigenvalue weighted by atomic mass is 10.00. The van der Waals surface area contributed by atoms with E-state index in [2.05, 4.69) is 0 Å². The number of rotatable bonds is 5. The number of hydrogen-bond acceptors (Lipinski definition) is 3. The van der Waals surface area contributed by atoms with Crippen LogP contribution in [0.25, 0.3) is 0 Å². The summed E-state index contributed by atoms with van der Waals surface area (Å²) in [7, 11) is 1.46. The Bertz CT molecular complexity index is 460. The van der Waals surface area contributed by atoms with Crippen LogP contribution in [0.2, 0.25) is 0 Å². The number of benzene rings is 1. The molecular formula is C13H14O4. The monoisotopic (exact) mass is 234 g/mol. The molecule has 0 amide bonds. The number of ether oxygens (including phenoxy) is 1. The smallest absolute Gasteiger partial charge is 0.336 e. The van der Waals surface area contributed by atoms with Crippen molar-refractivity contribution in [3.8, 4) is 5.75 Å². The third-order valence-corrected chi connectivity index (χ3v) is 2.93. The summed E-state index contributed by atoms with van der Waals surface area (Å²) in [6.07, 6.45) is 2.60. The molecule has 0 unspecified atom stereocenters. The van der Waals surface area contributed by atoms with Gasteiger partial charge in [-0.2, -0.15) is 0 Å². The number of carboxylic acids is 1. The molecule has 1 saturated carbocycles. The molecule has 0 aromatic heterocycles. The van der Waals surface area contributed by atoms with Gasteiger partial charge < -0.3 is 9.84 Å². The fourth-order valence-corrected chi connectivity index (χ4v) is 1.76. The van der Waals surface area contributed by atoms with Crippen molar-refractivity contribution in [1.82, 2.24) is 0 Å². The van der Waals surface area contributed by atoms with Crippen molar-refractivity contribution in [3.63, 3.8) is 0 Å². The van der Waals surface area contributed by atoms with E-state index < -0.39 is 5.97 Å².